The lowest BCUT2D eigenvalue weighted by atomic mass is 10.1. The summed E-state index contributed by atoms with van der Waals surface area (Å²) < 4.78 is 47.2. The van der Waals surface area contributed by atoms with Gasteiger partial charge in [0.1, 0.15) is 23.7 Å². The van der Waals surface area contributed by atoms with Crippen LogP contribution in [0.5, 0.6) is 0 Å². The molecule has 0 radical (unpaired) electrons. The molecule has 0 bridgehead atoms. The van der Waals surface area contributed by atoms with Crippen LogP contribution in [0, 0.1) is 0 Å². The number of benzene rings is 1. The van der Waals surface area contributed by atoms with Crippen molar-refractivity contribution < 1.29 is 42.2 Å². The fourth-order valence-electron chi connectivity index (χ4n) is 6.69. The largest absolute Gasteiger partial charge is 0.465 e. The number of nitrogens with zero attached hydrogens (tertiary/aromatic N) is 6. The number of amides is 4. The molecule has 1 aromatic carbocycles. The van der Waals surface area contributed by atoms with Gasteiger partial charge in [0, 0.05) is 42.2 Å². The van der Waals surface area contributed by atoms with Crippen LogP contribution in [0.15, 0.2) is 42.9 Å². The molecule has 2 fully saturated rings. The Balaban J connectivity index is 1.17. The summed E-state index contributed by atoms with van der Waals surface area (Å²) in [6.07, 6.45) is 0.214. The molecule has 19 heteroatoms. The van der Waals surface area contributed by atoms with Gasteiger partial charge in [-0.15, -0.1) is 0 Å². The molecule has 5 heterocycles. The molecule has 4 amide bonds. The number of carboxylic acid groups (broad SMARTS) is 1. The van der Waals surface area contributed by atoms with Crippen LogP contribution in [0.25, 0.3) is 33.9 Å². The number of methoxy groups -OCH3 is 1. The van der Waals surface area contributed by atoms with Gasteiger partial charge in [-0.3, -0.25) is 9.59 Å². The Labute approximate surface area is 300 Å². The molecule has 0 saturated carbocycles. The number of hydrogen-bond acceptors (Lipinski definition) is 9. The maximum absolute atomic E-state index is 14.2. The monoisotopic (exact) mass is 738 g/mol. The highest BCUT2D eigenvalue weighted by Crippen LogP contribution is 2.40. The number of ether oxygens (including phenoxy) is 1. The van der Waals surface area contributed by atoms with E-state index in [0.717, 1.165) is 6.42 Å². The number of likely N-dealkylation sites (tertiary alicyclic amines) is 2. The second-order valence-electron chi connectivity index (χ2n) is 12.8. The maximum atomic E-state index is 14.2. The number of rotatable bonds is 9. The van der Waals surface area contributed by atoms with Gasteiger partial charge in [0.15, 0.2) is 11.5 Å². The van der Waals surface area contributed by atoms with Crippen molar-refractivity contribution in [1.29, 1.82) is 0 Å². The summed E-state index contributed by atoms with van der Waals surface area (Å²) in [7, 11) is 1.22. The van der Waals surface area contributed by atoms with Crippen molar-refractivity contribution >= 4 is 24.0 Å². The number of aromatic amines is 2. The molecular formula is C34H37F3N10O6. The van der Waals surface area contributed by atoms with Crippen LogP contribution in [0.2, 0.25) is 0 Å². The lowest BCUT2D eigenvalue weighted by Crippen LogP contribution is -2.46. The van der Waals surface area contributed by atoms with Crippen LogP contribution in [0.4, 0.5) is 22.8 Å². The van der Waals surface area contributed by atoms with Crippen molar-refractivity contribution in [2.24, 2.45) is 0 Å². The first-order chi connectivity index (χ1) is 25.2. The minimum Gasteiger partial charge on any atom is -0.465 e. The quantitative estimate of drug-likeness (QED) is 0.160. The number of aromatic nitrogens is 6. The van der Waals surface area contributed by atoms with E-state index in [1.165, 1.54) is 31.1 Å². The third-order valence-corrected chi connectivity index (χ3v) is 9.28. The normalized spacial score (nSPS) is 18.5. The molecule has 5 N–H and O–H groups in total. The summed E-state index contributed by atoms with van der Waals surface area (Å²) in [6, 6.07) is 3.20. The van der Waals surface area contributed by atoms with Crippen molar-refractivity contribution in [2.75, 3.05) is 20.2 Å². The molecular weight excluding hydrogens is 701 g/mol. The molecule has 0 aliphatic carbocycles. The van der Waals surface area contributed by atoms with Crippen molar-refractivity contribution in [2.45, 2.75) is 69.9 Å². The van der Waals surface area contributed by atoms with E-state index in [4.69, 9.17) is 5.11 Å². The maximum Gasteiger partial charge on any atom is 0.435 e. The molecule has 16 nitrogen and oxygen atoms in total. The van der Waals surface area contributed by atoms with E-state index in [2.05, 4.69) is 45.3 Å². The van der Waals surface area contributed by atoms with Crippen LogP contribution in [0.1, 0.15) is 69.0 Å². The van der Waals surface area contributed by atoms with Crippen LogP contribution in [-0.4, -0.2) is 101 Å². The van der Waals surface area contributed by atoms with Gasteiger partial charge in [0.2, 0.25) is 11.8 Å². The van der Waals surface area contributed by atoms with E-state index in [0.29, 0.717) is 54.3 Å². The lowest BCUT2D eigenvalue weighted by molar-refractivity contribution is -0.140. The van der Waals surface area contributed by atoms with E-state index < -0.39 is 48.1 Å². The molecule has 0 unspecified atom stereocenters. The second-order valence-corrected chi connectivity index (χ2v) is 12.8. The summed E-state index contributed by atoms with van der Waals surface area (Å²) in [4.78, 5) is 74.9. The Morgan fingerprint density at radius 2 is 1.40 bits per heavy atom. The SMILES string of the molecule is COC(=O)N[C@@H](C)C(=O)N1CCC[C@H]1c1ncc(-c2cnc(-c3ccc(-c4[nH]c([C@@H]5CCCN5C(=O)[C@H](C)NC(=O)O)nc4C(F)(F)F)cc3)nc2)[nH]1. The smallest absolute Gasteiger partial charge is 0.435 e. The van der Waals surface area contributed by atoms with Gasteiger partial charge in [0.05, 0.1) is 36.8 Å². The first kappa shape index (κ1) is 36.8. The zero-order valence-electron chi connectivity index (χ0n) is 28.9. The fourth-order valence-corrected chi connectivity index (χ4v) is 6.69. The number of alkyl halides is 3. The Kier molecular flexibility index (Phi) is 10.4. The van der Waals surface area contributed by atoms with Crippen LogP contribution in [-0.2, 0) is 20.5 Å². The summed E-state index contributed by atoms with van der Waals surface area (Å²) >= 11 is 0. The molecule has 2 aliphatic heterocycles. The number of halogens is 3. The van der Waals surface area contributed by atoms with E-state index in [-0.39, 0.29) is 35.6 Å². The van der Waals surface area contributed by atoms with Crippen molar-refractivity contribution in [3.8, 4) is 33.9 Å². The average molecular weight is 739 g/mol. The number of nitrogens with one attached hydrogen (secondary N) is 4. The number of alkyl carbamates (subject to hydrolysis) is 1. The highest BCUT2D eigenvalue weighted by atomic mass is 19.4. The third kappa shape index (κ3) is 7.77. The zero-order chi connectivity index (χ0) is 38.0. The number of carbonyl (C=O) groups is 4. The number of H-pyrrole nitrogens is 2. The van der Waals surface area contributed by atoms with E-state index in [9.17, 15) is 32.3 Å². The molecule has 4 aromatic rings. The van der Waals surface area contributed by atoms with Crippen molar-refractivity contribution in [3.63, 3.8) is 0 Å². The molecule has 53 heavy (non-hydrogen) atoms. The predicted octanol–water partition coefficient (Wildman–Crippen LogP) is 4.67. The molecule has 0 spiro atoms. The Bertz CT molecular complexity index is 1980. The molecule has 6 rings (SSSR count). The summed E-state index contributed by atoms with van der Waals surface area (Å²) in [5, 5.41) is 13.6. The molecule has 4 atom stereocenters. The Morgan fingerprint density at radius 1 is 0.830 bits per heavy atom. The van der Waals surface area contributed by atoms with Gasteiger partial charge in [0.25, 0.3) is 0 Å². The fraction of sp³-hybridized carbons (Fsp3) is 0.412. The topological polar surface area (TPSA) is 211 Å². The van der Waals surface area contributed by atoms with Gasteiger partial charge in [-0.25, -0.2) is 29.5 Å². The zero-order valence-corrected chi connectivity index (χ0v) is 28.9. The van der Waals surface area contributed by atoms with Gasteiger partial charge in [-0.1, -0.05) is 24.3 Å². The highest BCUT2D eigenvalue weighted by Gasteiger charge is 2.41. The first-order valence-corrected chi connectivity index (χ1v) is 16.8. The number of imidazole rings is 2. The molecule has 2 aliphatic rings. The second kappa shape index (κ2) is 14.9. The van der Waals surface area contributed by atoms with E-state index in [1.54, 1.807) is 42.5 Å². The van der Waals surface area contributed by atoms with Crippen molar-refractivity contribution in [3.05, 3.63) is 60.2 Å². The van der Waals surface area contributed by atoms with Gasteiger partial charge < -0.3 is 40.2 Å². The first-order valence-electron chi connectivity index (χ1n) is 16.8. The Hall–Kier alpha value is -6.01. The van der Waals surface area contributed by atoms with Gasteiger partial charge >= 0.3 is 18.4 Å². The van der Waals surface area contributed by atoms with Crippen LogP contribution < -0.4 is 10.6 Å². The van der Waals surface area contributed by atoms with E-state index >= 15 is 0 Å². The Morgan fingerprint density at radius 3 is 1.96 bits per heavy atom. The number of hydrogen-bond donors (Lipinski definition) is 5. The van der Waals surface area contributed by atoms with Crippen molar-refractivity contribution in [1.82, 2.24) is 50.3 Å². The summed E-state index contributed by atoms with van der Waals surface area (Å²) in [5.41, 5.74) is 0.584. The summed E-state index contributed by atoms with van der Waals surface area (Å²) in [6.45, 7) is 3.72. The highest BCUT2D eigenvalue weighted by molar-refractivity contribution is 5.86. The third-order valence-electron chi connectivity index (χ3n) is 9.28. The molecule has 280 valence electrons. The standard InChI is InChI=1S/C34H37F3N10O6/c1-17(41-32(50)51)30(48)47-13-5-7-24(47)29-44-25(26(45-29)34(35,36)37)19-8-10-20(11-9-19)27-38-14-21(15-39-27)22-16-40-28(43-22)23-6-4-12-46(23)31(49)18(2)42-33(52)53-3/h8-11,14-18,23-24,41H,4-7,12-13H2,1-3H3,(H,40,43)(H,42,52)(H,44,45)(H,50,51)/t17-,18-,23-,24-/m0/s1. The van der Waals surface area contributed by atoms with Crippen LogP contribution in [0.3, 0.4) is 0 Å². The molecule has 3 aromatic heterocycles. The van der Waals surface area contributed by atoms with Gasteiger partial charge in [-0.2, -0.15) is 13.2 Å². The molecule has 2 saturated heterocycles. The summed E-state index contributed by atoms with van der Waals surface area (Å²) in [5.74, 6) is 0.0472. The minimum atomic E-state index is -4.80. The average Bonchev–Trinajstić information content (AvgIpc) is 3.96. The van der Waals surface area contributed by atoms with E-state index in [1.807, 2.05) is 0 Å². The van der Waals surface area contributed by atoms with Gasteiger partial charge in [-0.05, 0) is 39.5 Å². The predicted molar refractivity (Wildman–Crippen MR) is 181 cm³/mol. The van der Waals surface area contributed by atoms with Crippen LogP contribution >= 0.6 is 0 Å². The minimum absolute atomic E-state index is 0.0389. The number of carbonyl (C=O) groups excluding carboxylic acids is 3. The lowest BCUT2D eigenvalue weighted by Gasteiger charge is -2.26.